The molecule has 6 heteroatoms. The van der Waals surface area contributed by atoms with Crippen LogP contribution < -0.4 is 4.90 Å². The van der Waals surface area contributed by atoms with Crippen LogP contribution >= 0.6 is 0 Å². The van der Waals surface area contributed by atoms with E-state index in [4.69, 9.17) is 0 Å². The van der Waals surface area contributed by atoms with E-state index in [1.54, 1.807) is 4.90 Å². The van der Waals surface area contributed by atoms with Gasteiger partial charge in [0.2, 0.25) is 15.9 Å². The first-order valence-electron chi connectivity index (χ1n) is 7.56. The highest BCUT2D eigenvalue weighted by molar-refractivity contribution is 7.88. The molecule has 0 unspecified atom stereocenters. The maximum atomic E-state index is 12.4. The number of nitrogens with zero attached hydrogens (tertiary/aromatic N) is 2. The summed E-state index contributed by atoms with van der Waals surface area (Å²) in [7, 11) is -3.29. The summed E-state index contributed by atoms with van der Waals surface area (Å²) in [4.78, 5) is 14.1. The summed E-state index contributed by atoms with van der Waals surface area (Å²) in [6.45, 7) is 7.05. The van der Waals surface area contributed by atoms with E-state index < -0.39 is 10.0 Å². The molecule has 0 fully saturated rings. The predicted octanol–water partition coefficient (Wildman–Crippen LogP) is 2.35. The van der Waals surface area contributed by atoms with Crippen LogP contribution in [0.5, 0.6) is 0 Å². The molecular weight excluding hydrogens is 300 g/mol. The van der Waals surface area contributed by atoms with Gasteiger partial charge in [0, 0.05) is 31.7 Å². The molecule has 0 radical (unpaired) electrons. The molecule has 5 nitrogen and oxygen atoms in total. The lowest BCUT2D eigenvalue weighted by molar-refractivity contribution is -0.118. The quantitative estimate of drug-likeness (QED) is 0.737. The molecule has 1 aromatic carbocycles. The zero-order chi connectivity index (χ0) is 16.8. The van der Waals surface area contributed by atoms with Gasteiger partial charge in [-0.25, -0.2) is 12.7 Å². The predicted molar refractivity (Wildman–Crippen MR) is 90.3 cm³/mol. The Hall–Kier alpha value is -1.40. The molecule has 0 heterocycles. The number of para-hydroxylation sites is 1. The van der Waals surface area contributed by atoms with Crippen LogP contribution in [0.25, 0.3) is 0 Å². The number of amides is 1. The molecule has 1 rings (SSSR count). The maximum absolute atomic E-state index is 12.4. The third-order valence-electron chi connectivity index (χ3n) is 3.30. The minimum atomic E-state index is -3.29. The second kappa shape index (κ2) is 8.29. The molecule has 0 saturated carbocycles. The Balaban J connectivity index is 2.74. The summed E-state index contributed by atoms with van der Waals surface area (Å²) in [6.07, 6.45) is 1.37. The van der Waals surface area contributed by atoms with Crippen molar-refractivity contribution in [2.75, 3.05) is 30.8 Å². The van der Waals surface area contributed by atoms with E-state index in [1.807, 2.05) is 51.1 Å². The highest BCUT2D eigenvalue weighted by Gasteiger charge is 2.21. The molecular formula is C16H26N2O3S. The molecule has 124 valence electrons. The normalized spacial score (nSPS) is 11.9. The lowest BCUT2D eigenvalue weighted by Crippen LogP contribution is -2.38. The van der Waals surface area contributed by atoms with E-state index in [2.05, 4.69) is 0 Å². The van der Waals surface area contributed by atoms with E-state index in [0.29, 0.717) is 13.1 Å². The Labute approximate surface area is 134 Å². The molecule has 0 aliphatic carbocycles. The number of hydrogen-bond donors (Lipinski definition) is 0. The standard InChI is InChI=1S/C16H26N2O3S/c1-5-18(15-9-7-6-8-10-15)16(19)11-12-17(13-14(2)3)22(4,20)21/h6-10,14H,5,11-13H2,1-4H3. The van der Waals surface area contributed by atoms with Crippen molar-refractivity contribution in [3.63, 3.8) is 0 Å². The number of benzene rings is 1. The Morgan fingerprint density at radius 3 is 2.23 bits per heavy atom. The second-order valence-electron chi connectivity index (χ2n) is 5.74. The molecule has 0 saturated heterocycles. The van der Waals surface area contributed by atoms with Crippen LogP contribution in [0, 0.1) is 5.92 Å². The highest BCUT2D eigenvalue weighted by atomic mass is 32.2. The Morgan fingerprint density at radius 2 is 1.77 bits per heavy atom. The smallest absolute Gasteiger partial charge is 0.228 e. The van der Waals surface area contributed by atoms with Crippen LogP contribution in [0.3, 0.4) is 0 Å². The number of anilines is 1. The average molecular weight is 326 g/mol. The van der Waals surface area contributed by atoms with Gasteiger partial charge in [0.15, 0.2) is 0 Å². The first kappa shape index (κ1) is 18.6. The third-order valence-corrected chi connectivity index (χ3v) is 4.57. The zero-order valence-corrected chi connectivity index (χ0v) is 14.6. The van der Waals surface area contributed by atoms with Crippen LogP contribution in [0.15, 0.2) is 30.3 Å². The van der Waals surface area contributed by atoms with Gasteiger partial charge in [-0.15, -0.1) is 0 Å². The van der Waals surface area contributed by atoms with Crippen LogP contribution in [0.4, 0.5) is 5.69 Å². The molecule has 0 N–H and O–H groups in total. The van der Waals surface area contributed by atoms with Crippen molar-refractivity contribution in [3.8, 4) is 0 Å². The SMILES string of the molecule is CCN(C(=O)CCN(CC(C)C)S(C)(=O)=O)c1ccccc1. The molecule has 1 amide bonds. The zero-order valence-electron chi connectivity index (χ0n) is 13.8. The van der Waals surface area contributed by atoms with Gasteiger partial charge in [-0.1, -0.05) is 32.0 Å². The van der Waals surface area contributed by atoms with Crippen molar-refractivity contribution in [2.45, 2.75) is 27.2 Å². The fourth-order valence-electron chi connectivity index (χ4n) is 2.27. The van der Waals surface area contributed by atoms with Crippen molar-refractivity contribution in [1.82, 2.24) is 4.31 Å². The number of carbonyl (C=O) groups is 1. The van der Waals surface area contributed by atoms with E-state index in [1.165, 1.54) is 10.6 Å². The lowest BCUT2D eigenvalue weighted by Gasteiger charge is -2.25. The van der Waals surface area contributed by atoms with Crippen LogP contribution in [-0.4, -0.2) is 44.5 Å². The lowest BCUT2D eigenvalue weighted by atomic mass is 10.2. The first-order chi connectivity index (χ1) is 10.3. The number of rotatable bonds is 8. The Bertz CT molecular complexity index is 570. The van der Waals surface area contributed by atoms with Gasteiger partial charge in [0.05, 0.1) is 6.26 Å². The molecule has 0 bridgehead atoms. The summed E-state index contributed by atoms with van der Waals surface area (Å²) in [6, 6.07) is 9.42. The summed E-state index contributed by atoms with van der Waals surface area (Å²) >= 11 is 0. The van der Waals surface area contributed by atoms with Crippen molar-refractivity contribution < 1.29 is 13.2 Å². The maximum Gasteiger partial charge on any atom is 0.228 e. The van der Waals surface area contributed by atoms with Crippen molar-refractivity contribution in [2.24, 2.45) is 5.92 Å². The molecule has 0 atom stereocenters. The molecule has 0 aliphatic rings. The summed E-state index contributed by atoms with van der Waals surface area (Å²) in [5.41, 5.74) is 0.838. The van der Waals surface area contributed by atoms with Crippen LogP contribution in [0.1, 0.15) is 27.2 Å². The van der Waals surface area contributed by atoms with Gasteiger partial charge in [-0.2, -0.15) is 0 Å². The fourth-order valence-corrected chi connectivity index (χ4v) is 3.26. The van der Waals surface area contributed by atoms with Crippen molar-refractivity contribution >= 4 is 21.6 Å². The van der Waals surface area contributed by atoms with Crippen molar-refractivity contribution in [1.29, 1.82) is 0 Å². The first-order valence-corrected chi connectivity index (χ1v) is 9.41. The molecule has 0 aliphatic heterocycles. The van der Waals surface area contributed by atoms with E-state index in [9.17, 15) is 13.2 Å². The highest BCUT2D eigenvalue weighted by Crippen LogP contribution is 2.15. The summed E-state index contributed by atoms with van der Waals surface area (Å²) in [5.74, 6) is 0.160. The van der Waals surface area contributed by atoms with Gasteiger partial charge in [-0.05, 0) is 25.0 Å². The number of carbonyl (C=O) groups excluding carboxylic acids is 1. The average Bonchev–Trinajstić information content (AvgIpc) is 2.44. The van der Waals surface area contributed by atoms with Gasteiger partial charge in [0.25, 0.3) is 0 Å². The number of hydrogen-bond acceptors (Lipinski definition) is 3. The van der Waals surface area contributed by atoms with Gasteiger partial charge >= 0.3 is 0 Å². The largest absolute Gasteiger partial charge is 0.313 e. The molecule has 0 aromatic heterocycles. The molecule has 1 aromatic rings. The topological polar surface area (TPSA) is 57.7 Å². The second-order valence-corrected chi connectivity index (χ2v) is 7.72. The van der Waals surface area contributed by atoms with E-state index in [0.717, 1.165) is 5.69 Å². The monoisotopic (exact) mass is 326 g/mol. The fraction of sp³-hybridized carbons (Fsp3) is 0.562. The van der Waals surface area contributed by atoms with Gasteiger partial charge in [0.1, 0.15) is 0 Å². The third kappa shape index (κ3) is 5.77. The minimum absolute atomic E-state index is 0.0638. The summed E-state index contributed by atoms with van der Waals surface area (Å²) in [5, 5.41) is 0. The van der Waals surface area contributed by atoms with E-state index >= 15 is 0 Å². The Morgan fingerprint density at radius 1 is 1.18 bits per heavy atom. The Kier molecular flexibility index (Phi) is 7.03. The van der Waals surface area contributed by atoms with E-state index in [-0.39, 0.29) is 24.8 Å². The number of sulfonamides is 1. The van der Waals surface area contributed by atoms with Crippen LogP contribution in [0.2, 0.25) is 0 Å². The van der Waals surface area contributed by atoms with Gasteiger partial charge < -0.3 is 4.90 Å². The summed E-state index contributed by atoms with van der Waals surface area (Å²) < 4.78 is 25.0. The van der Waals surface area contributed by atoms with Crippen LogP contribution in [-0.2, 0) is 14.8 Å². The molecule has 22 heavy (non-hydrogen) atoms. The molecule has 0 spiro atoms. The van der Waals surface area contributed by atoms with Crippen molar-refractivity contribution in [3.05, 3.63) is 30.3 Å². The minimum Gasteiger partial charge on any atom is -0.313 e. The van der Waals surface area contributed by atoms with Gasteiger partial charge in [-0.3, -0.25) is 4.79 Å².